The van der Waals surface area contributed by atoms with Crippen LogP contribution in [-0.2, 0) is 24.7 Å². The Kier molecular flexibility index (Phi) is 6.73. The van der Waals surface area contributed by atoms with Crippen molar-refractivity contribution < 1.29 is 14.0 Å². The number of halogens is 1. The van der Waals surface area contributed by atoms with Gasteiger partial charge in [0.2, 0.25) is 5.91 Å². The molecule has 3 rings (SSSR count). The number of nitrogens with one attached hydrogen (secondary N) is 2. The van der Waals surface area contributed by atoms with Gasteiger partial charge in [-0.3, -0.25) is 14.3 Å². The summed E-state index contributed by atoms with van der Waals surface area (Å²) in [7, 11) is 1.66. The molecule has 0 aliphatic rings. The van der Waals surface area contributed by atoms with Gasteiger partial charge in [0.1, 0.15) is 11.6 Å². The van der Waals surface area contributed by atoms with Gasteiger partial charge in [0.15, 0.2) is 5.69 Å². The summed E-state index contributed by atoms with van der Waals surface area (Å²) < 4.78 is 15.1. The third-order valence-corrected chi connectivity index (χ3v) is 4.50. The smallest absolute Gasteiger partial charge is 0.271 e. The maximum atomic E-state index is 13.6. The zero-order valence-electron chi connectivity index (χ0n) is 16.2. The Morgan fingerprint density at radius 1 is 1.03 bits per heavy atom. The molecule has 0 unspecified atom stereocenters. The van der Waals surface area contributed by atoms with Gasteiger partial charge in [-0.15, -0.1) is 0 Å². The van der Waals surface area contributed by atoms with Gasteiger partial charge in [0.25, 0.3) is 5.91 Å². The lowest BCUT2D eigenvalue weighted by molar-refractivity contribution is -0.116. The van der Waals surface area contributed by atoms with E-state index in [0.29, 0.717) is 30.6 Å². The van der Waals surface area contributed by atoms with Crippen LogP contribution in [0.3, 0.4) is 0 Å². The van der Waals surface area contributed by atoms with Crippen LogP contribution in [0.5, 0.6) is 0 Å². The van der Waals surface area contributed by atoms with Gasteiger partial charge in [-0.25, -0.2) is 4.39 Å². The molecule has 0 aliphatic carbocycles. The van der Waals surface area contributed by atoms with Gasteiger partial charge in [-0.1, -0.05) is 48.5 Å². The first kappa shape index (κ1) is 20.3. The second-order valence-corrected chi connectivity index (χ2v) is 6.67. The third-order valence-electron chi connectivity index (χ3n) is 4.50. The number of nitrogens with zero attached hydrogens (tertiary/aromatic N) is 2. The molecule has 0 fully saturated rings. The first-order chi connectivity index (χ1) is 14.0. The molecule has 1 aromatic heterocycles. The van der Waals surface area contributed by atoms with Crippen LogP contribution in [0.1, 0.15) is 28.0 Å². The number of hydrogen-bond donors (Lipinski definition) is 2. The normalized spacial score (nSPS) is 10.6. The molecule has 0 bridgehead atoms. The Hall–Kier alpha value is -3.48. The Bertz CT molecular complexity index is 985. The molecule has 2 N–H and O–H groups in total. The second-order valence-electron chi connectivity index (χ2n) is 6.67. The molecule has 2 amide bonds. The standard InChI is InChI=1S/C22H23FN4O2/c1-27-20(25-21(28)12-11-16-7-3-2-4-8-16)15-19(26-27)22(29)24-14-13-17-9-5-6-10-18(17)23/h2-10,15H,11-14H2,1H3,(H,24,29)(H,25,28). The molecule has 0 atom stereocenters. The van der Waals surface area contributed by atoms with Crippen molar-refractivity contribution >= 4 is 17.6 Å². The molecule has 0 spiro atoms. The summed E-state index contributed by atoms with van der Waals surface area (Å²) in [4.78, 5) is 24.5. The van der Waals surface area contributed by atoms with E-state index < -0.39 is 0 Å². The fourth-order valence-corrected chi connectivity index (χ4v) is 2.91. The molecule has 0 radical (unpaired) electrons. The van der Waals surface area contributed by atoms with E-state index in [1.54, 1.807) is 25.2 Å². The molecule has 7 heteroatoms. The molecule has 0 aliphatic heterocycles. The third kappa shape index (κ3) is 5.75. The topological polar surface area (TPSA) is 76.0 Å². The van der Waals surface area contributed by atoms with Crippen molar-refractivity contribution in [2.75, 3.05) is 11.9 Å². The molecule has 2 aromatic carbocycles. The van der Waals surface area contributed by atoms with E-state index in [4.69, 9.17) is 0 Å². The summed E-state index contributed by atoms with van der Waals surface area (Å²) in [5.74, 6) is -0.368. The fraction of sp³-hybridized carbons (Fsp3) is 0.227. The van der Waals surface area contributed by atoms with E-state index in [2.05, 4.69) is 15.7 Å². The first-order valence-corrected chi connectivity index (χ1v) is 9.42. The van der Waals surface area contributed by atoms with E-state index in [-0.39, 0.29) is 29.9 Å². The highest BCUT2D eigenvalue weighted by molar-refractivity contribution is 5.95. The molecule has 6 nitrogen and oxygen atoms in total. The quantitative estimate of drug-likeness (QED) is 0.616. The van der Waals surface area contributed by atoms with Crippen LogP contribution in [0.25, 0.3) is 0 Å². The molecular weight excluding hydrogens is 371 g/mol. The minimum Gasteiger partial charge on any atom is -0.350 e. The highest BCUT2D eigenvalue weighted by Crippen LogP contribution is 2.11. The first-order valence-electron chi connectivity index (χ1n) is 9.42. The zero-order valence-corrected chi connectivity index (χ0v) is 16.2. The van der Waals surface area contributed by atoms with E-state index in [1.807, 2.05) is 30.3 Å². The predicted octanol–water partition coefficient (Wildman–Crippen LogP) is 3.10. The monoisotopic (exact) mass is 394 g/mol. The molecule has 0 saturated carbocycles. The Morgan fingerprint density at radius 2 is 1.76 bits per heavy atom. The van der Waals surface area contributed by atoms with Crippen LogP contribution in [0.2, 0.25) is 0 Å². The number of carbonyl (C=O) groups excluding carboxylic acids is 2. The summed E-state index contributed by atoms with van der Waals surface area (Å²) in [5, 5.41) is 9.64. The molecular formula is C22H23FN4O2. The summed E-state index contributed by atoms with van der Waals surface area (Å²) in [6.07, 6.45) is 1.35. The van der Waals surface area contributed by atoms with E-state index in [9.17, 15) is 14.0 Å². The minimum absolute atomic E-state index is 0.150. The second kappa shape index (κ2) is 9.64. The van der Waals surface area contributed by atoms with Crippen LogP contribution in [-0.4, -0.2) is 28.1 Å². The van der Waals surface area contributed by atoms with Gasteiger partial charge < -0.3 is 10.6 Å². The summed E-state index contributed by atoms with van der Waals surface area (Å²) in [5.41, 5.74) is 1.82. The van der Waals surface area contributed by atoms with Gasteiger partial charge in [0.05, 0.1) is 0 Å². The maximum Gasteiger partial charge on any atom is 0.271 e. The molecule has 0 saturated heterocycles. The van der Waals surface area contributed by atoms with Crippen LogP contribution < -0.4 is 10.6 Å². The predicted molar refractivity (Wildman–Crippen MR) is 109 cm³/mol. The Morgan fingerprint density at radius 3 is 2.52 bits per heavy atom. The molecule has 150 valence electrons. The lowest BCUT2D eigenvalue weighted by Crippen LogP contribution is -2.26. The van der Waals surface area contributed by atoms with Crippen molar-refractivity contribution in [3.05, 3.63) is 83.3 Å². The number of hydrogen-bond acceptors (Lipinski definition) is 3. The molecule has 29 heavy (non-hydrogen) atoms. The molecule has 1 heterocycles. The van der Waals surface area contributed by atoms with E-state index >= 15 is 0 Å². The van der Waals surface area contributed by atoms with Crippen LogP contribution in [0, 0.1) is 5.82 Å². The van der Waals surface area contributed by atoms with Crippen molar-refractivity contribution in [1.29, 1.82) is 0 Å². The SMILES string of the molecule is Cn1nc(C(=O)NCCc2ccccc2F)cc1NC(=O)CCc1ccccc1. The summed E-state index contributed by atoms with van der Waals surface area (Å²) >= 11 is 0. The Balaban J connectivity index is 1.50. The zero-order chi connectivity index (χ0) is 20.6. The average molecular weight is 394 g/mol. The highest BCUT2D eigenvalue weighted by Gasteiger charge is 2.14. The van der Waals surface area contributed by atoms with E-state index in [1.165, 1.54) is 16.8 Å². The van der Waals surface area contributed by atoms with Crippen LogP contribution in [0.4, 0.5) is 10.2 Å². The van der Waals surface area contributed by atoms with Gasteiger partial charge in [-0.2, -0.15) is 5.10 Å². The summed E-state index contributed by atoms with van der Waals surface area (Å²) in [6.45, 7) is 0.287. The maximum absolute atomic E-state index is 13.6. The van der Waals surface area contributed by atoms with Crippen molar-refractivity contribution in [2.45, 2.75) is 19.3 Å². The van der Waals surface area contributed by atoms with Gasteiger partial charge >= 0.3 is 0 Å². The van der Waals surface area contributed by atoms with Gasteiger partial charge in [-0.05, 0) is 30.0 Å². The Labute approximate surface area is 168 Å². The minimum atomic E-state index is -0.373. The highest BCUT2D eigenvalue weighted by atomic mass is 19.1. The van der Waals surface area contributed by atoms with Crippen molar-refractivity contribution in [3.63, 3.8) is 0 Å². The largest absolute Gasteiger partial charge is 0.350 e. The lowest BCUT2D eigenvalue weighted by atomic mass is 10.1. The number of carbonyl (C=O) groups is 2. The number of rotatable bonds is 8. The average Bonchev–Trinajstić information content (AvgIpc) is 3.09. The van der Waals surface area contributed by atoms with Crippen molar-refractivity contribution in [1.82, 2.24) is 15.1 Å². The number of anilines is 1. The van der Waals surface area contributed by atoms with Crippen LogP contribution in [0.15, 0.2) is 60.7 Å². The molecule has 3 aromatic rings. The van der Waals surface area contributed by atoms with Crippen LogP contribution >= 0.6 is 0 Å². The fourth-order valence-electron chi connectivity index (χ4n) is 2.91. The number of amides is 2. The summed E-state index contributed by atoms with van der Waals surface area (Å²) in [6, 6.07) is 17.7. The van der Waals surface area contributed by atoms with Gasteiger partial charge in [0, 0.05) is 26.1 Å². The number of benzene rings is 2. The number of aryl methyl sites for hydroxylation is 2. The number of aromatic nitrogens is 2. The lowest BCUT2D eigenvalue weighted by Gasteiger charge is -2.05. The van der Waals surface area contributed by atoms with Crippen molar-refractivity contribution in [3.8, 4) is 0 Å². The van der Waals surface area contributed by atoms with Crippen molar-refractivity contribution in [2.24, 2.45) is 7.05 Å². The van der Waals surface area contributed by atoms with E-state index in [0.717, 1.165) is 5.56 Å².